The summed E-state index contributed by atoms with van der Waals surface area (Å²) < 4.78 is 5.82. The van der Waals surface area contributed by atoms with Crippen LogP contribution in [-0.2, 0) is 0 Å². The topological polar surface area (TPSA) is 77.2 Å². The molecule has 3 N–H and O–H groups in total. The van der Waals surface area contributed by atoms with E-state index in [-0.39, 0.29) is 17.8 Å². The Morgan fingerprint density at radius 3 is 2.67 bits per heavy atom. The molecule has 0 aliphatic carbocycles. The van der Waals surface area contributed by atoms with Crippen molar-refractivity contribution < 1.29 is 9.53 Å². The number of ether oxygens (including phenoxy) is 1. The van der Waals surface area contributed by atoms with Crippen molar-refractivity contribution in [3.8, 4) is 5.75 Å². The number of methoxy groups -OCH3 is 1. The Balaban J connectivity index is 2.12. The second-order valence-corrected chi connectivity index (χ2v) is 5.47. The maximum atomic E-state index is 12.2. The number of anilines is 1. The number of nitrogens with two attached hydrogens (primary N) is 1. The Morgan fingerprint density at radius 1 is 1.38 bits per heavy atom. The standard InChI is InChI=1S/C15H16BrN3O2/c1-9(10-3-5-12(21-2)6-4-10)19-15(20)13-7-11(16)8-18-14(13)17/h3-9H,1-2H3,(H2,17,18)(H,19,20). The number of benzene rings is 1. The number of halogens is 1. The third-order valence-electron chi connectivity index (χ3n) is 3.09. The van der Waals surface area contributed by atoms with Gasteiger partial charge < -0.3 is 15.8 Å². The lowest BCUT2D eigenvalue weighted by Crippen LogP contribution is -2.27. The van der Waals surface area contributed by atoms with Crippen LogP contribution in [-0.4, -0.2) is 18.0 Å². The van der Waals surface area contributed by atoms with Crippen molar-refractivity contribution >= 4 is 27.7 Å². The monoisotopic (exact) mass is 349 g/mol. The highest BCUT2D eigenvalue weighted by Gasteiger charge is 2.15. The van der Waals surface area contributed by atoms with Gasteiger partial charge in [-0.2, -0.15) is 0 Å². The molecule has 0 saturated heterocycles. The average molecular weight is 350 g/mol. The summed E-state index contributed by atoms with van der Waals surface area (Å²) in [5, 5.41) is 2.90. The van der Waals surface area contributed by atoms with Crippen molar-refractivity contribution in [3.63, 3.8) is 0 Å². The lowest BCUT2D eigenvalue weighted by atomic mass is 10.1. The van der Waals surface area contributed by atoms with Gasteiger partial charge in [0.05, 0.1) is 18.7 Å². The SMILES string of the molecule is COc1ccc(C(C)NC(=O)c2cc(Br)cnc2N)cc1. The average Bonchev–Trinajstić information content (AvgIpc) is 2.49. The van der Waals surface area contributed by atoms with Gasteiger partial charge in [-0.05, 0) is 46.6 Å². The molecule has 5 nitrogen and oxygen atoms in total. The summed E-state index contributed by atoms with van der Waals surface area (Å²) in [6, 6.07) is 9.03. The van der Waals surface area contributed by atoms with E-state index in [1.165, 1.54) is 0 Å². The van der Waals surface area contributed by atoms with Crippen LogP contribution >= 0.6 is 15.9 Å². The number of nitrogens with one attached hydrogen (secondary N) is 1. The summed E-state index contributed by atoms with van der Waals surface area (Å²) >= 11 is 3.28. The van der Waals surface area contributed by atoms with Crippen molar-refractivity contribution in [2.45, 2.75) is 13.0 Å². The lowest BCUT2D eigenvalue weighted by molar-refractivity contribution is 0.0940. The molecule has 2 rings (SSSR count). The Bertz CT molecular complexity index is 644. The highest BCUT2D eigenvalue weighted by molar-refractivity contribution is 9.10. The summed E-state index contributed by atoms with van der Waals surface area (Å²) in [4.78, 5) is 16.2. The predicted molar refractivity (Wildman–Crippen MR) is 85.2 cm³/mol. The van der Waals surface area contributed by atoms with Crippen LogP contribution in [0.2, 0.25) is 0 Å². The molecule has 1 heterocycles. The molecule has 0 spiro atoms. The van der Waals surface area contributed by atoms with E-state index in [2.05, 4.69) is 26.2 Å². The summed E-state index contributed by atoms with van der Waals surface area (Å²) in [5.74, 6) is 0.722. The van der Waals surface area contributed by atoms with Crippen LogP contribution in [0, 0.1) is 0 Å². The number of rotatable bonds is 4. The number of hydrogen-bond acceptors (Lipinski definition) is 4. The molecule has 0 aliphatic heterocycles. The van der Waals surface area contributed by atoms with E-state index < -0.39 is 0 Å². The van der Waals surface area contributed by atoms with Gasteiger partial charge in [0.2, 0.25) is 0 Å². The van der Waals surface area contributed by atoms with E-state index in [9.17, 15) is 4.79 Å². The minimum absolute atomic E-state index is 0.151. The molecular formula is C15H16BrN3O2. The van der Waals surface area contributed by atoms with Crippen LogP contribution in [0.15, 0.2) is 41.0 Å². The Labute approximate surface area is 131 Å². The van der Waals surface area contributed by atoms with Crippen molar-refractivity contribution in [2.24, 2.45) is 0 Å². The van der Waals surface area contributed by atoms with Gasteiger partial charge in [-0.1, -0.05) is 12.1 Å². The quantitative estimate of drug-likeness (QED) is 0.889. The highest BCUT2D eigenvalue weighted by Crippen LogP contribution is 2.19. The van der Waals surface area contributed by atoms with E-state index in [1.54, 1.807) is 19.4 Å². The Hall–Kier alpha value is -2.08. The molecule has 6 heteroatoms. The lowest BCUT2D eigenvalue weighted by Gasteiger charge is -2.15. The molecule has 0 bridgehead atoms. The summed E-state index contributed by atoms with van der Waals surface area (Å²) in [7, 11) is 1.61. The molecule has 1 atom stereocenters. The first kappa shape index (κ1) is 15.3. The van der Waals surface area contributed by atoms with Gasteiger partial charge >= 0.3 is 0 Å². The first-order valence-electron chi connectivity index (χ1n) is 6.37. The zero-order valence-corrected chi connectivity index (χ0v) is 13.3. The minimum atomic E-state index is -0.260. The van der Waals surface area contributed by atoms with Crippen LogP contribution in [0.4, 0.5) is 5.82 Å². The number of aromatic nitrogens is 1. The summed E-state index contributed by atoms with van der Waals surface area (Å²) in [6.45, 7) is 1.90. The molecule has 1 amide bonds. The maximum absolute atomic E-state index is 12.2. The van der Waals surface area contributed by atoms with Gasteiger partial charge in [0, 0.05) is 10.7 Å². The number of amides is 1. The molecule has 0 aliphatic rings. The van der Waals surface area contributed by atoms with Gasteiger partial charge in [-0.15, -0.1) is 0 Å². The molecule has 1 aromatic carbocycles. The number of nitrogen functional groups attached to an aromatic ring is 1. The fourth-order valence-corrected chi connectivity index (χ4v) is 2.21. The van der Waals surface area contributed by atoms with Crippen molar-refractivity contribution in [2.75, 3.05) is 12.8 Å². The largest absolute Gasteiger partial charge is 0.497 e. The zero-order valence-electron chi connectivity index (χ0n) is 11.8. The van der Waals surface area contributed by atoms with Crippen LogP contribution in [0.1, 0.15) is 28.9 Å². The molecule has 0 saturated carbocycles. The van der Waals surface area contributed by atoms with Gasteiger partial charge in [0.25, 0.3) is 5.91 Å². The van der Waals surface area contributed by atoms with Gasteiger partial charge in [0.15, 0.2) is 0 Å². The first-order valence-corrected chi connectivity index (χ1v) is 7.16. The molecule has 1 unspecified atom stereocenters. The Morgan fingerprint density at radius 2 is 2.05 bits per heavy atom. The predicted octanol–water partition coefficient (Wildman–Crippen LogP) is 2.93. The molecule has 0 fully saturated rings. The number of pyridine rings is 1. The maximum Gasteiger partial charge on any atom is 0.255 e. The minimum Gasteiger partial charge on any atom is -0.497 e. The fraction of sp³-hybridized carbons (Fsp3) is 0.200. The number of hydrogen-bond donors (Lipinski definition) is 2. The van der Waals surface area contributed by atoms with Crippen LogP contribution < -0.4 is 15.8 Å². The number of carbonyl (C=O) groups is 1. The molecule has 0 radical (unpaired) electrons. The van der Waals surface area contributed by atoms with Crippen molar-refractivity contribution in [1.82, 2.24) is 10.3 Å². The number of carbonyl (C=O) groups excluding carboxylic acids is 1. The molecule has 2 aromatic rings. The molecular weight excluding hydrogens is 334 g/mol. The zero-order chi connectivity index (χ0) is 15.4. The van der Waals surface area contributed by atoms with E-state index in [0.29, 0.717) is 10.0 Å². The van der Waals surface area contributed by atoms with Crippen LogP contribution in [0.5, 0.6) is 5.75 Å². The first-order chi connectivity index (χ1) is 10.0. The Kier molecular flexibility index (Phi) is 4.80. The molecule has 21 heavy (non-hydrogen) atoms. The molecule has 1 aromatic heterocycles. The van der Waals surface area contributed by atoms with Crippen molar-refractivity contribution in [3.05, 3.63) is 52.1 Å². The van der Waals surface area contributed by atoms with Gasteiger partial charge in [-0.25, -0.2) is 4.98 Å². The third-order valence-corrected chi connectivity index (χ3v) is 3.53. The summed E-state index contributed by atoms with van der Waals surface area (Å²) in [5.41, 5.74) is 7.06. The highest BCUT2D eigenvalue weighted by atomic mass is 79.9. The fourth-order valence-electron chi connectivity index (χ4n) is 1.88. The smallest absolute Gasteiger partial charge is 0.255 e. The van der Waals surface area contributed by atoms with Gasteiger partial charge in [-0.3, -0.25) is 4.79 Å². The van der Waals surface area contributed by atoms with Crippen molar-refractivity contribution in [1.29, 1.82) is 0 Å². The van der Waals surface area contributed by atoms with Crippen LogP contribution in [0.25, 0.3) is 0 Å². The second-order valence-electron chi connectivity index (χ2n) is 4.55. The normalized spacial score (nSPS) is 11.8. The number of nitrogens with zero attached hydrogens (tertiary/aromatic N) is 1. The van der Waals surface area contributed by atoms with E-state index in [0.717, 1.165) is 11.3 Å². The second kappa shape index (κ2) is 6.58. The van der Waals surface area contributed by atoms with E-state index >= 15 is 0 Å². The summed E-state index contributed by atoms with van der Waals surface area (Å²) in [6.07, 6.45) is 1.55. The third kappa shape index (κ3) is 3.72. The molecule has 110 valence electrons. The van der Waals surface area contributed by atoms with E-state index in [4.69, 9.17) is 10.5 Å². The van der Waals surface area contributed by atoms with E-state index in [1.807, 2.05) is 31.2 Å². The van der Waals surface area contributed by atoms with Gasteiger partial charge in [0.1, 0.15) is 11.6 Å². The van der Waals surface area contributed by atoms with Crippen LogP contribution in [0.3, 0.4) is 0 Å².